The number of halogens is 1. The van der Waals surface area contributed by atoms with Crippen molar-refractivity contribution in [1.29, 1.82) is 5.41 Å². The van der Waals surface area contributed by atoms with Gasteiger partial charge in [0.1, 0.15) is 11.7 Å². The van der Waals surface area contributed by atoms with Crippen LogP contribution in [0.1, 0.15) is 32.9 Å². The van der Waals surface area contributed by atoms with Gasteiger partial charge in [-0.1, -0.05) is 24.3 Å². The first kappa shape index (κ1) is 20.8. The highest BCUT2D eigenvalue weighted by atomic mass is 19.1. The van der Waals surface area contributed by atoms with E-state index in [0.717, 1.165) is 22.6 Å². The lowest BCUT2D eigenvalue weighted by molar-refractivity contribution is 0.0950. The number of aromatic nitrogens is 1. The molecule has 2 amide bonds. The number of nitrogens with one attached hydrogen (secondary N) is 3. The van der Waals surface area contributed by atoms with Crippen molar-refractivity contribution in [2.24, 2.45) is 0 Å². The Balaban J connectivity index is 1.70. The molecule has 0 radical (unpaired) electrons. The summed E-state index contributed by atoms with van der Waals surface area (Å²) in [6.45, 7) is 3.99. The monoisotopic (exact) mass is 408 g/mol. The summed E-state index contributed by atoms with van der Waals surface area (Å²) in [4.78, 5) is 23.3. The third kappa shape index (κ3) is 4.54. The van der Waals surface area contributed by atoms with Crippen LogP contribution in [-0.2, 0) is 6.54 Å². The van der Waals surface area contributed by atoms with Crippen LogP contribution >= 0.6 is 0 Å². The lowest BCUT2D eigenvalue weighted by Crippen LogP contribution is -2.28. The Labute approximate surface area is 172 Å². The molecule has 0 spiro atoms. The molecule has 0 atom stereocenters. The molecule has 8 heteroatoms. The average Bonchev–Trinajstić information content (AvgIpc) is 3.01. The summed E-state index contributed by atoms with van der Waals surface area (Å²) in [6, 6.07) is 14.5. The van der Waals surface area contributed by atoms with Crippen molar-refractivity contribution < 1.29 is 19.1 Å². The zero-order valence-corrected chi connectivity index (χ0v) is 16.5. The fourth-order valence-electron chi connectivity index (χ4n) is 3.23. The Bertz CT molecular complexity index is 1100. The van der Waals surface area contributed by atoms with Crippen LogP contribution < -0.4 is 10.6 Å². The van der Waals surface area contributed by atoms with Crippen molar-refractivity contribution in [3.05, 3.63) is 88.5 Å². The molecule has 0 aliphatic rings. The van der Waals surface area contributed by atoms with Crippen LogP contribution in [0.4, 0.5) is 9.18 Å². The minimum atomic E-state index is -1.30. The largest absolute Gasteiger partial charge is 0.465 e. The first-order valence-electron chi connectivity index (χ1n) is 9.17. The van der Waals surface area contributed by atoms with Gasteiger partial charge in [-0.15, -0.1) is 0 Å². The van der Waals surface area contributed by atoms with E-state index in [-0.39, 0.29) is 24.1 Å². The average molecular weight is 408 g/mol. The second-order valence-electron chi connectivity index (χ2n) is 6.78. The van der Waals surface area contributed by atoms with Gasteiger partial charge in [0.05, 0.1) is 5.56 Å². The standard InChI is InChI=1S/C22H21FN4O3/c1-13-11-19(14(2)27(13)18-9-7-17(23)8-10-18)21(28)25-12-15-3-5-16(6-4-15)20(24)26-22(29)30/h3-11H,12H2,1-2H3,(H2,24,26)(H,25,28)(H,29,30). The molecule has 0 aliphatic carbocycles. The van der Waals surface area contributed by atoms with Gasteiger partial charge in [-0.3, -0.25) is 15.5 Å². The van der Waals surface area contributed by atoms with Crippen molar-refractivity contribution in [3.8, 4) is 5.69 Å². The Hall–Kier alpha value is -3.94. The maximum atomic E-state index is 13.2. The Kier molecular flexibility index (Phi) is 5.96. The number of carbonyl (C=O) groups excluding carboxylic acids is 1. The number of benzene rings is 2. The predicted molar refractivity (Wildman–Crippen MR) is 111 cm³/mol. The number of rotatable bonds is 5. The van der Waals surface area contributed by atoms with Crippen LogP contribution in [0.2, 0.25) is 0 Å². The van der Waals surface area contributed by atoms with Gasteiger partial charge in [-0.05, 0) is 49.7 Å². The summed E-state index contributed by atoms with van der Waals surface area (Å²) >= 11 is 0. The van der Waals surface area contributed by atoms with Crippen LogP contribution in [0.5, 0.6) is 0 Å². The molecule has 1 heterocycles. The van der Waals surface area contributed by atoms with Crippen molar-refractivity contribution >= 4 is 17.8 Å². The van der Waals surface area contributed by atoms with Gasteiger partial charge >= 0.3 is 6.09 Å². The predicted octanol–water partition coefficient (Wildman–Crippen LogP) is 3.76. The van der Waals surface area contributed by atoms with Gasteiger partial charge in [0.25, 0.3) is 5.91 Å². The minimum Gasteiger partial charge on any atom is -0.465 e. The summed E-state index contributed by atoms with van der Waals surface area (Å²) < 4.78 is 15.1. The second-order valence-corrected chi connectivity index (χ2v) is 6.78. The highest BCUT2D eigenvalue weighted by Gasteiger charge is 2.16. The number of hydrogen-bond donors (Lipinski definition) is 4. The highest BCUT2D eigenvalue weighted by Crippen LogP contribution is 2.21. The second kappa shape index (κ2) is 8.60. The van der Waals surface area contributed by atoms with E-state index < -0.39 is 6.09 Å². The quantitative estimate of drug-likeness (QED) is 0.381. The molecule has 0 bridgehead atoms. The topological polar surface area (TPSA) is 107 Å². The summed E-state index contributed by atoms with van der Waals surface area (Å²) in [5, 5.41) is 21.2. The summed E-state index contributed by atoms with van der Waals surface area (Å²) in [7, 11) is 0. The van der Waals surface area contributed by atoms with Gasteiger partial charge in [-0.2, -0.15) is 0 Å². The molecule has 2 aromatic carbocycles. The molecule has 154 valence electrons. The molecule has 0 saturated heterocycles. The Morgan fingerprint density at radius 1 is 1.07 bits per heavy atom. The van der Waals surface area contributed by atoms with Crippen LogP contribution in [-0.4, -0.2) is 27.5 Å². The number of nitrogens with zero attached hydrogens (tertiary/aromatic N) is 1. The van der Waals surface area contributed by atoms with Crippen molar-refractivity contribution in [3.63, 3.8) is 0 Å². The van der Waals surface area contributed by atoms with Crippen LogP contribution in [0.25, 0.3) is 5.69 Å². The van der Waals surface area contributed by atoms with Crippen LogP contribution in [0.3, 0.4) is 0 Å². The zero-order chi connectivity index (χ0) is 21.8. The van der Waals surface area contributed by atoms with E-state index in [1.807, 2.05) is 23.7 Å². The third-order valence-electron chi connectivity index (χ3n) is 4.69. The van der Waals surface area contributed by atoms with Crippen LogP contribution in [0, 0.1) is 25.1 Å². The SMILES string of the molecule is Cc1cc(C(=O)NCc2ccc(C(=N)NC(=O)O)cc2)c(C)n1-c1ccc(F)cc1. The number of carbonyl (C=O) groups is 2. The molecule has 4 N–H and O–H groups in total. The summed E-state index contributed by atoms with van der Waals surface area (Å²) in [5.41, 5.74) is 4.15. The number of carboxylic acid groups (broad SMARTS) is 1. The van der Waals surface area contributed by atoms with E-state index >= 15 is 0 Å². The third-order valence-corrected chi connectivity index (χ3v) is 4.69. The van der Waals surface area contributed by atoms with Gasteiger partial charge < -0.3 is 15.0 Å². The van der Waals surface area contributed by atoms with E-state index in [1.165, 1.54) is 12.1 Å². The van der Waals surface area contributed by atoms with Gasteiger partial charge in [-0.25, -0.2) is 9.18 Å². The van der Waals surface area contributed by atoms with Crippen LogP contribution in [0.15, 0.2) is 54.6 Å². The van der Waals surface area contributed by atoms with Crippen molar-refractivity contribution in [1.82, 2.24) is 15.2 Å². The minimum absolute atomic E-state index is 0.216. The summed E-state index contributed by atoms with van der Waals surface area (Å²) in [5.74, 6) is -0.772. The van der Waals surface area contributed by atoms with E-state index in [4.69, 9.17) is 10.5 Å². The van der Waals surface area contributed by atoms with Gasteiger partial charge in [0.2, 0.25) is 0 Å². The molecule has 7 nitrogen and oxygen atoms in total. The first-order valence-corrected chi connectivity index (χ1v) is 9.17. The van der Waals surface area contributed by atoms with Crippen molar-refractivity contribution in [2.45, 2.75) is 20.4 Å². The molecule has 1 aromatic heterocycles. The number of aryl methyl sites for hydroxylation is 1. The molecule has 3 rings (SSSR count). The highest BCUT2D eigenvalue weighted by molar-refractivity contribution is 6.04. The maximum Gasteiger partial charge on any atom is 0.410 e. The van der Waals surface area contributed by atoms with Crippen molar-refractivity contribution in [2.75, 3.05) is 0 Å². The van der Waals surface area contributed by atoms with E-state index in [1.54, 1.807) is 42.5 Å². The lowest BCUT2D eigenvalue weighted by atomic mass is 10.1. The molecule has 30 heavy (non-hydrogen) atoms. The molecule has 3 aromatic rings. The number of hydrogen-bond acceptors (Lipinski definition) is 3. The molecule has 0 aliphatic heterocycles. The Morgan fingerprint density at radius 2 is 1.70 bits per heavy atom. The van der Waals surface area contributed by atoms with E-state index in [9.17, 15) is 14.0 Å². The number of amides is 2. The molecular weight excluding hydrogens is 387 g/mol. The molecule has 0 unspecified atom stereocenters. The summed E-state index contributed by atoms with van der Waals surface area (Å²) in [6.07, 6.45) is -1.30. The fourth-order valence-corrected chi connectivity index (χ4v) is 3.23. The molecular formula is C22H21FN4O3. The Morgan fingerprint density at radius 3 is 2.30 bits per heavy atom. The maximum absolute atomic E-state index is 13.2. The molecule has 0 fully saturated rings. The smallest absolute Gasteiger partial charge is 0.410 e. The zero-order valence-electron chi connectivity index (χ0n) is 16.5. The fraction of sp³-hybridized carbons (Fsp3) is 0.136. The lowest BCUT2D eigenvalue weighted by Gasteiger charge is -2.10. The molecule has 0 saturated carbocycles. The van der Waals surface area contributed by atoms with E-state index in [2.05, 4.69) is 5.32 Å². The normalized spacial score (nSPS) is 10.5. The van der Waals surface area contributed by atoms with Gasteiger partial charge in [0, 0.05) is 29.2 Å². The van der Waals surface area contributed by atoms with Gasteiger partial charge in [0.15, 0.2) is 0 Å². The first-order chi connectivity index (χ1) is 14.3. The van der Waals surface area contributed by atoms with E-state index in [0.29, 0.717) is 11.1 Å². The number of amidine groups is 1.